The fourth-order valence-corrected chi connectivity index (χ4v) is 3.77. The lowest BCUT2D eigenvalue weighted by Gasteiger charge is -2.25. The Morgan fingerprint density at radius 3 is 2.56 bits per heavy atom. The quantitative estimate of drug-likeness (QED) is 0.577. The van der Waals surface area contributed by atoms with Crippen molar-refractivity contribution in [3.8, 4) is 11.3 Å². The van der Waals surface area contributed by atoms with Crippen LogP contribution in [0.5, 0.6) is 0 Å². The van der Waals surface area contributed by atoms with Gasteiger partial charge in [-0.25, -0.2) is 9.97 Å². The van der Waals surface area contributed by atoms with Crippen LogP contribution in [-0.2, 0) is 22.7 Å². The summed E-state index contributed by atoms with van der Waals surface area (Å²) in [6.07, 6.45) is 5.80. The van der Waals surface area contributed by atoms with Gasteiger partial charge in [0.05, 0.1) is 32.1 Å². The maximum absolute atomic E-state index is 5.98. The first-order chi connectivity index (χ1) is 16.6. The molecule has 0 radical (unpaired) electrons. The maximum Gasteiger partial charge on any atom is 0.227 e. The highest BCUT2D eigenvalue weighted by molar-refractivity contribution is 5.66. The number of anilines is 3. The monoisotopic (exact) mass is 459 g/mol. The molecular weight excluding hydrogens is 426 g/mol. The van der Waals surface area contributed by atoms with Crippen LogP contribution in [0, 0.1) is 0 Å². The van der Waals surface area contributed by atoms with Gasteiger partial charge in [0, 0.05) is 48.8 Å². The highest BCUT2D eigenvalue weighted by Crippen LogP contribution is 2.27. The average molecular weight is 460 g/mol. The number of nitrogens with zero attached hydrogens (tertiary/aromatic N) is 4. The SMILES string of the molecule is CN(C)CCN(C)c1ccc2cc1COC/C=C/COCc1cccc(c1)-c1ccnc(n1)N2. The summed E-state index contributed by atoms with van der Waals surface area (Å²) >= 11 is 0. The third-order valence-electron chi connectivity index (χ3n) is 5.63. The molecule has 0 saturated carbocycles. The van der Waals surface area contributed by atoms with E-state index in [9.17, 15) is 0 Å². The molecule has 3 aromatic rings. The number of fused-ring (bicyclic) bond motifs is 7. The molecular formula is C27H33N5O2. The number of rotatable bonds is 4. The third kappa shape index (κ3) is 6.63. The molecule has 1 aliphatic heterocycles. The number of likely N-dealkylation sites (N-methyl/N-ethyl adjacent to an activating group) is 2. The molecule has 0 unspecified atom stereocenters. The largest absolute Gasteiger partial charge is 0.373 e. The molecule has 7 heteroatoms. The summed E-state index contributed by atoms with van der Waals surface area (Å²) in [5.74, 6) is 0.559. The number of hydrogen-bond acceptors (Lipinski definition) is 7. The summed E-state index contributed by atoms with van der Waals surface area (Å²) in [5.41, 5.74) is 6.20. The fourth-order valence-electron chi connectivity index (χ4n) is 3.77. The second-order valence-electron chi connectivity index (χ2n) is 8.66. The van der Waals surface area contributed by atoms with Crippen LogP contribution < -0.4 is 10.2 Å². The predicted octanol–water partition coefficient (Wildman–Crippen LogP) is 4.49. The van der Waals surface area contributed by atoms with Gasteiger partial charge in [-0.2, -0.15) is 0 Å². The van der Waals surface area contributed by atoms with Crippen LogP contribution in [0.25, 0.3) is 11.3 Å². The molecule has 34 heavy (non-hydrogen) atoms. The Balaban J connectivity index is 1.64. The molecule has 1 aromatic heterocycles. The number of aromatic nitrogens is 2. The van der Waals surface area contributed by atoms with Crippen LogP contribution in [0.2, 0.25) is 0 Å². The summed E-state index contributed by atoms with van der Waals surface area (Å²) in [7, 11) is 6.29. The molecule has 2 heterocycles. The first-order valence-electron chi connectivity index (χ1n) is 11.6. The topological polar surface area (TPSA) is 62.8 Å². The van der Waals surface area contributed by atoms with Crippen LogP contribution in [0.3, 0.4) is 0 Å². The normalized spacial score (nSPS) is 15.2. The minimum Gasteiger partial charge on any atom is -0.373 e. The van der Waals surface area contributed by atoms with Crippen molar-refractivity contribution in [2.45, 2.75) is 13.2 Å². The summed E-state index contributed by atoms with van der Waals surface area (Å²) in [6, 6.07) is 16.5. The lowest BCUT2D eigenvalue weighted by Crippen LogP contribution is -2.29. The van der Waals surface area contributed by atoms with Crippen LogP contribution in [-0.4, -0.2) is 62.3 Å². The Labute approximate surface area is 202 Å². The molecule has 0 spiro atoms. The summed E-state index contributed by atoms with van der Waals surface area (Å²) < 4.78 is 11.8. The molecule has 6 bridgehead atoms. The minimum atomic E-state index is 0.508. The van der Waals surface area contributed by atoms with Gasteiger partial charge in [-0.15, -0.1) is 0 Å². The molecule has 0 saturated heterocycles. The van der Waals surface area contributed by atoms with E-state index in [4.69, 9.17) is 14.5 Å². The van der Waals surface area contributed by atoms with E-state index in [1.807, 2.05) is 24.3 Å². The highest BCUT2D eigenvalue weighted by atomic mass is 16.5. The maximum atomic E-state index is 5.98. The summed E-state index contributed by atoms with van der Waals surface area (Å²) in [5, 5.41) is 3.37. The van der Waals surface area contributed by atoms with Gasteiger partial charge in [0.1, 0.15) is 0 Å². The Hall–Kier alpha value is -3.26. The summed E-state index contributed by atoms with van der Waals surface area (Å²) in [6.45, 7) is 4.03. The van der Waals surface area contributed by atoms with Crippen molar-refractivity contribution in [2.24, 2.45) is 0 Å². The summed E-state index contributed by atoms with van der Waals surface area (Å²) in [4.78, 5) is 13.6. The number of ether oxygens (including phenoxy) is 2. The highest BCUT2D eigenvalue weighted by Gasteiger charge is 2.11. The first-order valence-corrected chi connectivity index (χ1v) is 11.6. The van der Waals surface area contributed by atoms with Crippen molar-refractivity contribution in [1.82, 2.24) is 14.9 Å². The lowest BCUT2D eigenvalue weighted by molar-refractivity contribution is 0.140. The zero-order chi connectivity index (χ0) is 23.8. The Bertz CT molecular complexity index is 1120. The second-order valence-corrected chi connectivity index (χ2v) is 8.66. The fraction of sp³-hybridized carbons (Fsp3) is 0.333. The van der Waals surface area contributed by atoms with Crippen LogP contribution in [0.4, 0.5) is 17.3 Å². The number of benzene rings is 2. The van der Waals surface area contributed by atoms with Crippen LogP contribution in [0.15, 0.2) is 66.9 Å². The van der Waals surface area contributed by atoms with Crippen molar-refractivity contribution in [3.05, 3.63) is 78.0 Å². The van der Waals surface area contributed by atoms with Gasteiger partial charge in [-0.3, -0.25) is 0 Å². The lowest BCUT2D eigenvalue weighted by atomic mass is 10.1. The van der Waals surface area contributed by atoms with Crippen molar-refractivity contribution >= 4 is 17.3 Å². The molecule has 0 fully saturated rings. The molecule has 178 valence electrons. The van der Waals surface area contributed by atoms with Crippen molar-refractivity contribution < 1.29 is 9.47 Å². The van der Waals surface area contributed by atoms with Crippen molar-refractivity contribution in [1.29, 1.82) is 0 Å². The number of nitrogens with one attached hydrogen (secondary N) is 1. The molecule has 2 aromatic carbocycles. The number of hydrogen-bond donors (Lipinski definition) is 1. The molecule has 0 aliphatic carbocycles. The van der Waals surface area contributed by atoms with Crippen molar-refractivity contribution in [3.63, 3.8) is 0 Å². The van der Waals surface area contributed by atoms with E-state index in [0.29, 0.717) is 32.4 Å². The van der Waals surface area contributed by atoms with Crippen LogP contribution in [0.1, 0.15) is 11.1 Å². The second kappa shape index (κ2) is 11.7. The van der Waals surface area contributed by atoms with Gasteiger partial charge >= 0.3 is 0 Å². The van der Waals surface area contributed by atoms with Gasteiger partial charge in [0.25, 0.3) is 0 Å². The van der Waals surface area contributed by atoms with E-state index >= 15 is 0 Å². The minimum absolute atomic E-state index is 0.508. The molecule has 4 rings (SSSR count). The van der Waals surface area contributed by atoms with E-state index in [2.05, 4.69) is 77.6 Å². The van der Waals surface area contributed by atoms with E-state index in [1.54, 1.807) is 6.20 Å². The zero-order valence-corrected chi connectivity index (χ0v) is 20.2. The average Bonchev–Trinajstić information content (AvgIpc) is 2.84. The van der Waals surface area contributed by atoms with Gasteiger partial charge in [-0.05, 0) is 50.0 Å². The van der Waals surface area contributed by atoms with E-state index in [-0.39, 0.29) is 0 Å². The van der Waals surface area contributed by atoms with E-state index in [0.717, 1.165) is 46.8 Å². The molecule has 1 aliphatic rings. The molecule has 7 nitrogen and oxygen atoms in total. The smallest absolute Gasteiger partial charge is 0.227 e. The molecule has 0 amide bonds. The predicted molar refractivity (Wildman–Crippen MR) is 137 cm³/mol. The molecule has 0 atom stereocenters. The van der Waals surface area contributed by atoms with Gasteiger partial charge in [0.2, 0.25) is 5.95 Å². The Kier molecular flexibility index (Phi) is 8.25. The third-order valence-corrected chi connectivity index (χ3v) is 5.63. The molecule has 1 N–H and O–H groups in total. The zero-order valence-electron chi connectivity index (χ0n) is 20.2. The Morgan fingerprint density at radius 1 is 0.912 bits per heavy atom. The van der Waals surface area contributed by atoms with Gasteiger partial charge < -0.3 is 24.6 Å². The van der Waals surface area contributed by atoms with E-state index < -0.39 is 0 Å². The van der Waals surface area contributed by atoms with Gasteiger partial charge in [-0.1, -0.05) is 30.4 Å². The Morgan fingerprint density at radius 2 is 1.74 bits per heavy atom. The van der Waals surface area contributed by atoms with Gasteiger partial charge in [0.15, 0.2) is 0 Å². The van der Waals surface area contributed by atoms with Crippen LogP contribution >= 0.6 is 0 Å². The van der Waals surface area contributed by atoms with Crippen molar-refractivity contribution in [2.75, 3.05) is 57.7 Å². The van der Waals surface area contributed by atoms with E-state index in [1.165, 1.54) is 0 Å². The standard InChI is InChI=1S/C27H33N5O2/c1-31(2)13-14-32(3)26-10-9-24-18-23(26)20-34-16-5-4-15-33-19-21-7-6-8-22(17-21)25-11-12-28-27(29-24)30-25/h4-12,17-18H,13-16,19-20H2,1-3H3,(H,28,29,30)/b5-4+. The first kappa shape index (κ1) is 23.9.